The summed E-state index contributed by atoms with van der Waals surface area (Å²) in [6.45, 7) is 8.18. The summed E-state index contributed by atoms with van der Waals surface area (Å²) >= 11 is 0. The van der Waals surface area contributed by atoms with Gasteiger partial charge in [0, 0.05) is 69.7 Å². The van der Waals surface area contributed by atoms with Gasteiger partial charge in [0.05, 0.1) is 13.7 Å². The van der Waals surface area contributed by atoms with Crippen LogP contribution in [0.5, 0.6) is 11.5 Å². The van der Waals surface area contributed by atoms with Crippen LogP contribution < -0.4 is 20.1 Å². The van der Waals surface area contributed by atoms with Crippen LogP contribution in [0.4, 0.5) is 4.79 Å². The minimum Gasteiger partial charge on any atom is -0.493 e. The Balaban J connectivity index is 1.42. The van der Waals surface area contributed by atoms with E-state index >= 15 is 0 Å². The SMILES string of the molecule is COCCCOc1cc(C(=O)N(C[C@@H]2CNC[C@H]2CN(C(=O)NC2=CC=CCC2)C2CC2)C(C)C)ccc1OC. The third-order valence-corrected chi connectivity index (χ3v) is 7.92. The van der Waals surface area contributed by atoms with Crippen LogP contribution in [0.25, 0.3) is 0 Å². The van der Waals surface area contributed by atoms with Crippen molar-refractivity contribution >= 4 is 11.9 Å². The van der Waals surface area contributed by atoms with Crippen LogP contribution in [0.3, 0.4) is 0 Å². The second kappa shape index (κ2) is 14.6. The first-order valence-corrected chi connectivity index (χ1v) is 14.7. The van der Waals surface area contributed by atoms with Gasteiger partial charge in [-0.3, -0.25) is 4.79 Å². The third-order valence-electron chi connectivity index (χ3n) is 7.92. The number of nitrogens with one attached hydrogen (secondary N) is 2. The van der Waals surface area contributed by atoms with E-state index in [9.17, 15) is 9.59 Å². The first-order valence-electron chi connectivity index (χ1n) is 14.7. The van der Waals surface area contributed by atoms with Crippen molar-refractivity contribution in [2.75, 3.05) is 53.6 Å². The average Bonchev–Trinajstić information content (AvgIpc) is 3.71. The van der Waals surface area contributed by atoms with Crippen molar-refractivity contribution in [3.8, 4) is 11.5 Å². The Hall–Kier alpha value is -3.04. The molecule has 2 fully saturated rings. The van der Waals surface area contributed by atoms with Gasteiger partial charge in [-0.2, -0.15) is 0 Å². The number of urea groups is 1. The summed E-state index contributed by atoms with van der Waals surface area (Å²) in [5.74, 6) is 1.65. The number of methoxy groups -OCH3 is 2. The van der Waals surface area contributed by atoms with E-state index < -0.39 is 0 Å². The number of hydrogen-bond donors (Lipinski definition) is 2. The molecule has 0 bridgehead atoms. The molecular weight excluding hydrogens is 508 g/mol. The Bertz CT molecular complexity index is 1070. The molecule has 220 valence electrons. The minimum absolute atomic E-state index is 0.00255. The first-order chi connectivity index (χ1) is 19.4. The van der Waals surface area contributed by atoms with Gasteiger partial charge in [-0.05, 0) is 75.6 Å². The van der Waals surface area contributed by atoms with Crippen LogP contribution in [0, 0.1) is 11.8 Å². The molecule has 2 aliphatic carbocycles. The monoisotopic (exact) mass is 554 g/mol. The molecule has 4 rings (SSSR count). The van der Waals surface area contributed by atoms with Crippen molar-refractivity contribution in [3.05, 3.63) is 47.7 Å². The molecule has 9 nitrogen and oxygen atoms in total. The minimum atomic E-state index is -0.0286. The van der Waals surface area contributed by atoms with Crippen LogP contribution in [0.15, 0.2) is 42.1 Å². The molecule has 0 radical (unpaired) electrons. The molecule has 0 spiro atoms. The molecule has 3 amide bonds. The highest BCUT2D eigenvalue weighted by atomic mass is 16.5. The highest BCUT2D eigenvalue weighted by molar-refractivity contribution is 5.95. The van der Waals surface area contributed by atoms with Gasteiger partial charge in [-0.15, -0.1) is 0 Å². The summed E-state index contributed by atoms with van der Waals surface area (Å²) < 4.78 is 16.5. The molecule has 40 heavy (non-hydrogen) atoms. The van der Waals surface area contributed by atoms with Gasteiger partial charge in [0.1, 0.15) is 0 Å². The van der Waals surface area contributed by atoms with Crippen LogP contribution in [-0.2, 0) is 4.74 Å². The van der Waals surface area contributed by atoms with E-state index in [0.717, 1.165) is 50.9 Å². The van der Waals surface area contributed by atoms with Crippen molar-refractivity contribution in [2.45, 2.75) is 58.0 Å². The average molecular weight is 555 g/mol. The van der Waals surface area contributed by atoms with Crippen LogP contribution >= 0.6 is 0 Å². The zero-order valence-electron chi connectivity index (χ0n) is 24.5. The molecule has 1 aromatic rings. The van der Waals surface area contributed by atoms with Crippen LogP contribution in [0.2, 0.25) is 0 Å². The van der Waals surface area contributed by atoms with Crippen LogP contribution in [0.1, 0.15) is 56.3 Å². The van der Waals surface area contributed by atoms with E-state index in [-0.39, 0.29) is 29.8 Å². The van der Waals surface area contributed by atoms with E-state index in [1.54, 1.807) is 32.4 Å². The Labute approximate surface area is 238 Å². The fourth-order valence-electron chi connectivity index (χ4n) is 5.42. The van der Waals surface area contributed by atoms with E-state index in [4.69, 9.17) is 14.2 Å². The lowest BCUT2D eigenvalue weighted by atomic mass is 9.94. The molecule has 3 aliphatic rings. The molecule has 0 unspecified atom stereocenters. The van der Waals surface area contributed by atoms with Gasteiger partial charge in [0.25, 0.3) is 5.91 Å². The predicted octanol–water partition coefficient (Wildman–Crippen LogP) is 4.20. The number of amides is 3. The van der Waals surface area contributed by atoms with Crippen molar-refractivity contribution in [3.63, 3.8) is 0 Å². The maximum Gasteiger partial charge on any atom is 0.321 e. The van der Waals surface area contributed by atoms with Gasteiger partial charge < -0.3 is 34.6 Å². The number of carbonyl (C=O) groups excluding carboxylic acids is 2. The van der Waals surface area contributed by atoms with Gasteiger partial charge in [-0.25, -0.2) is 4.79 Å². The normalized spacial score (nSPS) is 20.3. The molecule has 1 heterocycles. The number of ether oxygens (including phenoxy) is 3. The maximum atomic E-state index is 13.8. The zero-order valence-corrected chi connectivity index (χ0v) is 24.5. The summed E-state index contributed by atoms with van der Waals surface area (Å²) in [7, 11) is 3.26. The van der Waals surface area contributed by atoms with E-state index in [2.05, 4.69) is 30.6 Å². The topological polar surface area (TPSA) is 92.4 Å². The van der Waals surface area contributed by atoms with E-state index in [1.807, 2.05) is 22.0 Å². The smallest absolute Gasteiger partial charge is 0.321 e. The molecule has 2 atom stereocenters. The van der Waals surface area contributed by atoms with Crippen molar-refractivity contribution in [2.24, 2.45) is 11.8 Å². The summed E-state index contributed by atoms with van der Waals surface area (Å²) in [5, 5.41) is 6.67. The van der Waals surface area contributed by atoms with E-state index in [1.165, 1.54) is 0 Å². The first kappa shape index (κ1) is 29.9. The van der Waals surface area contributed by atoms with Crippen LogP contribution in [-0.4, -0.2) is 87.4 Å². The fourth-order valence-corrected chi connectivity index (χ4v) is 5.42. The molecule has 0 aromatic heterocycles. The lowest BCUT2D eigenvalue weighted by Crippen LogP contribution is -2.47. The highest BCUT2D eigenvalue weighted by Crippen LogP contribution is 2.32. The number of rotatable bonds is 14. The quantitative estimate of drug-likeness (QED) is 0.335. The summed E-state index contributed by atoms with van der Waals surface area (Å²) in [4.78, 5) is 31.0. The number of allylic oxidation sites excluding steroid dienone is 4. The lowest BCUT2D eigenvalue weighted by molar-refractivity contribution is 0.0653. The van der Waals surface area contributed by atoms with Gasteiger partial charge in [-0.1, -0.05) is 12.2 Å². The molecule has 2 N–H and O–H groups in total. The molecular formula is C31H46N4O5. The Morgan fingerprint density at radius 3 is 2.50 bits per heavy atom. The number of hydrogen-bond acceptors (Lipinski definition) is 6. The molecule has 1 aliphatic heterocycles. The number of carbonyl (C=O) groups is 2. The second-order valence-electron chi connectivity index (χ2n) is 11.3. The maximum absolute atomic E-state index is 13.8. The van der Waals surface area contributed by atoms with Crippen molar-refractivity contribution in [1.82, 2.24) is 20.4 Å². The summed E-state index contributed by atoms with van der Waals surface area (Å²) in [6.07, 6.45) is 10.8. The Morgan fingerprint density at radius 1 is 1.07 bits per heavy atom. The predicted molar refractivity (Wildman–Crippen MR) is 156 cm³/mol. The molecule has 1 saturated carbocycles. The number of benzene rings is 1. The fraction of sp³-hybridized carbons (Fsp3) is 0.613. The molecule has 9 heteroatoms. The molecule has 1 aromatic carbocycles. The Morgan fingerprint density at radius 2 is 1.85 bits per heavy atom. The van der Waals surface area contributed by atoms with Crippen molar-refractivity contribution < 1.29 is 23.8 Å². The standard InChI is InChI=1S/C31H46N4O5/c1-22(2)34(30(36)23-11-14-28(39-4)29(17-23)40-16-8-15-38-3)20-24-18-32-19-25(24)21-35(27-12-13-27)31(37)33-26-9-6-5-7-10-26/h5-6,9,11,14,17,22,24-25,27,32H,7-8,10,12-13,15-16,18-21H2,1-4H3,(H,33,37)/t24-,25-/m0/s1. The van der Waals surface area contributed by atoms with Crippen molar-refractivity contribution in [1.29, 1.82) is 0 Å². The lowest BCUT2D eigenvalue weighted by Gasteiger charge is -2.34. The van der Waals surface area contributed by atoms with E-state index in [0.29, 0.717) is 49.4 Å². The Kier molecular flexibility index (Phi) is 10.9. The number of nitrogens with zero attached hydrogens (tertiary/aromatic N) is 2. The highest BCUT2D eigenvalue weighted by Gasteiger charge is 2.38. The van der Waals surface area contributed by atoms with Gasteiger partial charge >= 0.3 is 6.03 Å². The van der Waals surface area contributed by atoms with Gasteiger partial charge in [0.15, 0.2) is 11.5 Å². The zero-order chi connectivity index (χ0) is 28.5. The summed E-state index contributed by atoms with van der Waals surface area (Å²) in [6, 6.07) is 5.71. The largest absolute Gasteiger partial charge is 0.493 e. The second-order valence-corrected chi connectivity index (χ2v) is 11.3. The summed E-state index contributed by atoms with van der Waals surface area (Å²) in [5.41, 5.74) is 1.56. The van der Waals surface area contributed by atoms with Gasteiger partial charge in [0.2, 0.25) is 0 Å². The third kappa shape index (κ3) is 8.01. The molecule has 1 saturated heterocycles.